The molecule has 0 unspecified atom stereocenters. The Morgan fingerprint density at radius 3 is 2.56 bits per heavy atom. The molecule has 1 aliphatic heterocycles. The van der Waals surface area contributed by atoms with Gasteiger partial charge in [-0.25, -0.2) is 13.8 Å². The Balaban J connectivity index is 1.60. The maximum absolute atomic E-state index is 13.8. The molecule has 1 aromatic heterocycles. The Bertz CT molecular complexity index is 1340. The molecule has 1 amide bonds. The molecule has 3 aromatic rings. The van der Waals surface area contributed by atoms with Gasteiger partial charge in [0.05, 0.1) is 5.69 Å². The number of Topliss-reactive ketones (excluding diaryl/α,β-unsaturated/α-hetero) is 1. The van der Waals surface area contributed by atoms with Gasteiger partial charge in [0.2, 0.25) is 11.7 Å². The van der Waals surface area contributed by atoms with Crippen LogP contribution in [0.15, 0.2) is 47.5 Å². The average Bonchev–Trinajstić information content (AvgIpc) is 3.36. The van der Waals surface area contributed by atoms with Crippen LogP contribution in [-0.4, -0.2) is 39.2 Å². The number of carbonyl (C=O) groups is 2. The quantitative estimate of drug-likeness (QED) is 0.389. The van der Waals surface area contributed by atoms with Crippen LogP contribution in [0, 0.1) is 18.6 Å². The van der Waals surface area contributed by atoms with Gasteiger partial charge in [-0.3, -0.25) is 19.0 Å². The summed E-state index contributed by atoms with van der Waals surface area (Å²) in [6, 6.07) is 7.62. The lowest BCUT2D eigenvalue weighted by Gasteiger charge is -2.15. The highest BCUT2D eigenvalue weighted by Gasteiger charge is 2.26. The number of hydrogen-bond acceptors (Lipinski definition) is 5. The summed E-state index contributed by atoms with van der Waals surface area (Å²) in [5.41, 5.74) is 0.508. The first-order valence-corrected chi connectivity index (χ1v) is 10.9. The van der Waals surface area contributed by atoms with Crippen molar-refractivity contribution >= 4 is 23.3 Å². The van der Waals surface area contributed by atoms with Crippen molar-refractivity contribution in [1.29, 1.82) is 0 Å². The summed E-state index contributed by atoms with van der Waals surface area (Å²) in [6.45, 7) is 2.51. The zero-order chi connectivity index (χ0) is 24.4. The number of carbonyl (C=O) groups excluding carboxylic acids is 2. The van der Waals surface area contributed by atoms with Gasteiger partial charge < -0.3 is 9.64 Å². The van der Waals surface area contributed by atoms with Gasteiger partial charge in [-0.2, -0.15) is 0 Å². The van der Waals surface area contributed by atoms with E-state index in [1.165, 1.54) is 29.4 Å². The molecule has 4 rings (SSSR count). The molecule has 0 bridgehead atoms. The van der Waals surface area contributed by atoms with Gasteiger partial charge in [-0.1, -0.05) is 23.7 Å². The molecule has 1 aliphatic rings. The summed E-state index contributed by atoms with van der Waals surface area (Å²) < 4.78 is 33.4. The molecule has 0 N–H and O–H groups in total. The summed E-state index contributed by atoms with van der Waals surface area (Å²) in [5.74, 6) is -2.98. The van der Waals surface area contributed by atoms with Gasteiger partial charge in [0.15, 0.2) is 5.02 Å². The summed E-state index contributed by atoms with van der Waals surface area (Å²) in [7, 11) is 0. The Morgan fingerprint density at radius 2 is 1.85 bits per heavy atom. The van der Waals surface area contributed by atoms with Gasteiger partial charge in [0.1, 0.15) is 24.6 Å². The highest BCUT2D eigenvalue weighted by atomic mass is 35.5. The SMILES string of the molecule is Cc1ccc(C(=O)C(=O)N2CCCC2)cc1-n1cnc(OCc2ccc(F)cc2F)c(Cl)c1=O. The fourth-order valence-electron chi connectivity index (χ4n) is 3.67. The number of hydrogen-bond donors (Lipinski definition) is 0. The van der Waals surface area contributed by atoms with Gasteiger partial charge >= 0.3 is 0 Å². The third-order valence-corrected chi connectivity index (χ3v) is 5.91. The molecule has 0 aliphatic carbocycles. The van der Waals surface area contributed by atoms with E-state index in [2.05, 4.69) is 4.98 Å². The van der Waals surface area contributed by atoms with Crippen LogP contribution in [-0.2, 0) is 11.4 Å². The minimum atomic E-state index is -0.801. The van der Waals surface area contributed by atoms with Crippen molar-refractivity contribution in [2.45, 2.75) is 26.4 Å². The van der Waals surface area contributed by atoms with Crippen LogP contribution in [0.1, 0.15) is 34.3 Å². The van der Waals surface area contributed by atoms with Crippen LogP contribution in [0.3, 0.4) is 0 Å². The standard InChI is InChI=1S/C24H20ClF2N3O4/c1-14-4-5-15(21(31)24(33)29-8-2-3-9-29)10-19(14)30-13-28-22(20(25)23(30)32)34-12-16-6-7-17(26)11-18(16)27/h4-7,10-11,13H,2-3,8-9,12H2,1H3. The second-order valence-electron chi connectivity index (χ2n) is 7.89. The molecule has 2 heterocycles. The van der Waals surface area contributed by atoms with E-state index in [0.29, 0.717) is 24.3 Å². The molecule has 176 valence electrons. The van der Waals surface area contributed by atoms with Crippen molar-refractivity contribution in [2.24, 2.45) is 0 Å². The normalized spacial score (nSPS) is 13.2. The van der Waals surface area contributed by atoms with Crippen molar-refractivity contribution in [1.82, 2.24) is 14.5 Å². The van der Waals surface area contributed by atoms with Crippen LogP contribution in [0.25, 0.3) is 5.69 Å². The average molecular weight is 488 g/mol. The second kappa shape index (κ2) is 9.72. The fourth-order valence-corrected chi connectivity index (χ4v) is 3.87. The van der Waals surface area contributed by atoms with E-state index in [1.54, 1.807) is 13.0 Å². The van der Waals surface area contributed by atoms with Crippen molar-refractivity contribution in [3.8, 4) is 11.6 Å². The summed E-state index contributed by atoms with van der Waals surface area (Å²) in [6.07, 6.45) is 2.89. The number of rotatable bonds is 6. The zero-order valence-corrected chi connectivity index (χ0v) is 18.9. The van der Waals surface area contributed by atoms with Crippen molar-refractivity contribution < 1.29 is 23.1 Å². The Labute approximate surface area is 198 Å². The van der Waals surface area contributed by atoms with E-state index in [9.17, 15) is 23.2 Å². The lowest BCUT2D eigenvalue weighted by molar-refractivity contribution is -0.125. The third-order valence-electron chi connectivity index (χ3n) is 5.58. The fraction of sp³-hybridized carbons (Fsp3) is 0.250. The molecular formula is C24H20ClF2N3O4. The molecule has 0 saturated carbocycles. The number of aromatic nitrogens is 2. The maximum atomic E-state index is 13.8. The molecule has 0 radical (unpaired) electrons. The number of ketones is 1. The lowest BCUT2D eigenvalue weighted by atomic mass is 10.1. The minimum absolute atomic E-state index is 0.0631. The highest BCUT2D eigenvalue weighted by Crippen LogP contribution is 2.22. The highest BCUT2D eigenvalue weighted by molar-refractivity contribution is 6.42. The minimum Gasteiger partial charge on any atom is -0.471 e. The number of likely N-dealkylation sites (tertiary alicyclic amines) is 1. The largest absolute Gasteiger partial charge is 0.471 e. The van der Waals surface area contributed by atoms with Crippen LogP contribution in [0.2, 0.25) is 5.02 Å². The molecule has 0 spiro atoms. The second-order valence-corrected chi connectivity index (χ2v) is 8.27. The number of nitrogens with zero attached hydrogens (tertiary/aromatic N) is 3. The van der Waals surface area contributed by atoms with Crippen LogP contribution < -0.4 is 10.3 Å². The van der Waals surface area contributed by atoms with Crippen molar-refractivity contribution in [3.63, 3.8) is 0 Å². The Kier molecular flexibility index (Phi) is 6.74. The molecule has 2 aromatic carbocycles. The first-order valence-electron chi connectivity index (χ1n) is 10.5. The first kappa shape index (κ1) is 23.6. The van der Waals surface area contributed by atoms with Gasteiger partial charge in [-0.05, 0) is 43.5 Å². The lowest BCUT2D eigenvalue weighted by Crippen LogP contribution is -2.34. The number of halogens is 3. The van der Waals surface area contributed by atoms with Gasteiger partial charge in [0, 0.05) is 30.3 Å². The molecule has 10 heteroatoms. The van der Waals surface area contributed by atoms with E-state index in [1.807, 2.05) is 0 Å². The number of benzene rings is 2. The van der Waals surface area contributed by atoms with Crippen LogP contribution >= 0.6 is 11.6 Å². The Morgan fingerprint density at radius 1 is 1.12 bits per heavy atom. The number of aryl methyl sites for hydroxylation is 1. The molecular weight excluding hydrogens is 468 g/mol. The first-order chi connectivity index (χ1) is 16.3. The monoisotopic (exact) mass is 487 g/mol. The zero-order valence-electron chi connectivity index (χ0n) is 18.2. The van der Waals surface area contributed by atoms with E-state index < -0.39 is 28.9 Å². The summed E-state index contributed by atoms with van der Waals surface area (Å²) >= 11 is 6.17. The molecule has 34 heavy (non-hydrogen) atoms. The molecule has 0 atom stereocenters. The van der Waals surface area contributed by atoms with Gasteiger partial charge in [-0.15, -0.1) is 0 Å². The predicted octanol–water partition coefficient (Wildman–Crippen LogP) is 3.86. The van der Waals surface area contributed by atoms with Gasteiger partial charge in [0.25, 0.3) is 11.5 Å². The summed E-state index contributed by atoms with van der Waals surface area (Å²) in [5, 5.41) is -0.353. The molecule has 1 saturated heterocycles. The van der Waals surface area contributed by atoms with E-state index >= 15 is 0 Å². The van der Waals surface area contributed by atoms with Crippen LogP contribution in [0.5, 0.6) is 5.88 Å². The predicted molar refractivity (Wildman–Crippen MR) is 120 cm³/mol. The van der Waals surface area contributed by atoms with E-state index in [4.69, 9.17) is 16.3 Å². The Hall–Kier alpha value is -3.59. The molecule has 1 fully saturated rings. The van der Waals surface area contributed by atoms with Crippen LogP contribution in [0.4, 0.5) is 8.78 Å². The summed E-state index contributed by atoms with van der Waals surface area (Å²) in [4.78, 5) is 43.7. The van der Waals surface area contributed by atoms with E-state index in [0.717, 1.165) is 29.5 Å². The van der Waals surface area contributed by atoms with E-state index in [-0.39, 0.29) is 28.6 Å². The van der Waals surface area contributed by atoms with Crippen molar-refractivity contribution in [2.75, 3.05) is 13.1 Å². The smallest absolute Gasteiger partial charge is 0.294 e. The number of amides is 1. The number of ether oxygens (including phenoxy) is 1. The molecule has 7 nitrogen and oxygen atoms in total. The topological polar surface area (TPSA) is 81.5 Å². The third kappa shape index (κ3) is 4.70. The maximum Gasteiger partial charge on any atom is 0.294 e. The van der Waals surface area contributed by atoms with Crippen molar-refractivity contribution in [3.05, 3.63) is 86.4 Å².